The first kappa shape index (κ1) is 24.7. The summed E-state index contributed by atoms with van der Waals surface area (Å²) in [5.74, 6) is 0.740. The van der Waals surface area contributed by atoms with Crippen molar-refractivity contribution in [3.8, 4) is 0 Å². The van der Waals surface area contributed by atoms with Crippen molar-refractivity contribution in [1.29, 1.82) is 0 Å². The Morgan fingerprint density at radius 3 is 2.31 bits per heavy atom. The van der Waals surface area contributed by atoms with Crippen LogP contribution >= 0.6 is 24.0 Å². The van der Waals surface area contributed by atoms with Crippen LogP contribution in [0.15, 0.2) is 29.3 Å². The fourth-order valence-corrected chi connectivity index (χ4v) is 1.86. The molecule has 1 aromatic carbocycles. The third kappa shape index (κ3) is 9.38. The Bertz CT molecular complexity index is 571. The maximum absolute atomic E-state index is 11.7. The first-order chi connectivity index (χ1) is 11.8. The summed E-state index contributed by atoms with van der Waals surface area (Å²) in [4.78, 5) is 16.3. The molecule has 6 nitrogen and oxygen atoms in total. The molecule has 7 heteroatoms. The van der Waals surface area contributed by atoms with Gasteiger partial charge in [-0.2, -0.15) is 0 Å². The lowest BCUT2D eigenvalue weighted by Gasteiger charge is -2.24. The highest BCUT2D eigenvalue weighted by atomic mass is 127. The van der Waals surface area contributed by atoms with Crippen LogP contribution in [-0.2, 0) is 16.1 Å². The third-order valence-corrected chi connectivity index (χ3v) is 3.74. The highest BCUT2D eigenvalue weighted by Crippen LogP contribution is 2.12. The molecule has 1 amide bonds. The zero-order valence-electron chi connectivity index (χ0n) is 16.7. The number of carbonyl (C=O) groups excluding carboxylic acids is 1. The summed E-state index contributed by atoms with van der Waals surface area (Å²) >= 11 is 0. The molecule has 0 aromatic heterocycles. The molecule has 0 saturated carbocycles. The predicted octanol–water partition coefficient (Wildman–Crippen LogP) is 3.38. The number of aliphatic imine (C=N–C) groups is 1. The van der Waals surface area contributed by atoms with Gasteiger partial charge in [-0.3, -0.25) is 4.79 Å². The van der Waals surface area contributed by atoms with Crippen molar-refractivity contribution in [3.05, 3.63) is 29.8 Å². The van der Waals surface area contributed by atoms with Gasteiger partial charge in [0.25, 0.3) is 0 Å². The van der Waals surface area contributed by atoms with Gasteiger partial charge in [-0.05, 0) is 38.5 Å². The maximum atomic E-state index is 11.7. The number of methoxy groups -OCH3 is 1. The first-order valence-electron chi connectivity index (χ1n) is 8.74. The highest BCUT2D eigenvalue weighted by molar-refractivity contribution is 14.0. The van der Waals surface area contributed by atoms with Crippen LogP contribution in [0, 0.1) is 5.92 Å². The lowest BCUT2D eigenvalue weighted by Crippen LogP contribution is -2.45. The van der Waals surface area contributed by atoms with Gasteiger partial charge in [-0.25, -0.2) is 4.99 Å². The highest BCUT2D eigenvalue weighted by Gasteiger charge is 2.16. The van der Waals surface area contributed by atoms with Gasteiger partial charge in [0.2, 0.25) is 5.91 Å². The number of anilines is 1. The van der Waals surface area contributed by atoms with Crippen LogP contribution in [-0.4, -0.2) is 37.7 Å². The van der Waals surface area contributed by atoms with Crippen LogP contribution < -0.4 is 16.0 Å². The Hall–Kier alpha value is -1.35. The summed E-state index contributed by atoms with van der Waals surface area (Å²) in [6.45, 7) is 11.8. The molecule has 1 aromatic rings. The molecule has 0 aliphatic rings. The molecule has 0 heterocycles. The number of carbonyl (C=O) groups is 1. The molecule has 26 heavy (non-hydrogen) atoms. The standard InChI is InChI=1S/C19H32N4O2.HI/c1-7-20-18(22-13-19(4,5)25-6)21-12-15-8-10-16(11-9-15)23-17(24)14(2)3;/h8-11,14H,7,12-13H2,1-6H3,(H,23,24)(H2,20,21,22);1H. The summed E-state index contributed by atoms with van der Waals surface area (Å²) in [6.07, 6.45) is 0. The van der Waals surface area contributed by atoms with Gasteiger partial charge in [-0.1, -0.05) is 26.0 Å². The maximum Gasteiger partial charge on any atom is 0.226 e. The molecule has 0 unspecified atom stereocenters. The average molecular weight is 476 g/mol. The van der Waals surface area contributed by atoms with Crippen LogP contribution in [0.1, 0.15) is 40.2 Å². The molecule has 1 rings (SSSR count). The molecule has 3 N–H and O–H groups in total. The smallest absolute Gasteiger partial charge is 0.226 e. The fraction of sp³-hybridized carbons (Fsp3) is 0.579. The van der Waals surface area contributed by atoms with Crippen LogP contribution in [0.5, 0.6) is 0 Å². The minimum atomic E-state index is -0.257. The minimum absolute atomic E-state index is 0. The molecule has 148 valence electrons. The normalized spacial score (nSPS) is 11.7. The quantitative estimate of drug-likeness (QED) is 0.306. The second-order valence-electron chi connectivity index (χ2n) is 6.85. The predicted molar refractivity (Wildman–Crippen MR) is 119 cm³/mol. The molecule has 0 aliphatic heterocycles. The minimum Gasteiger partial charge on any atom is -0.377 e. The van der Waals surface area contributed by atoms with Crippen molar-refractivity contribution >= 4 is 41.5 Å². The molecular weight excluding hydrogens is 443 g/mol. The third-order valence-electron chi connectivity index (χ3n) is 3.74. The summed E-state index contributed by atoms with van der Waals surface area (Å²) in [5.41, 5.74) is 1.62. The van der Waals surface area contributed by atoms with E-state index in [0.29, 0.717) is 13.1 Å². The number of benzene rings is 1. The fourth-order valence-electron chi connectivity index (χ4n) is 1.86. The number of nitrogens with one attached hydrogen (secondary N) is 3. The van der Waals surface area contributed by atoms with E-state index >= 15 is 0 Å². The zero-order valence-corrected chi connectivity index (χ0v) is 19.0. The van der Waals surface area contributed by atoms with E-state index in [-0.39, 0.29) is 41.4 Å². The molecule has 0 radical (unpaired) electrons. The van der Waals surface area contributed by atoms with Crippen LogP contribution in [0.2, 0.25) is 0 Å². The van der Waals surface area contributed by atoms with Gasteiger partial charge in [0.05, 0.1) is 12.1 Å². The molecule has 0 atom stereocenters. The topological polar surface area (TPSA) is 74.8 Å². The van der Waals surface area contributed by atoms with E-state index in [4.69, 9.17) is 4.74 Å². The number of halogens is 1. The van der Waals surface area contributed by atoms with Gasteiger partial charge in [0.15, 0.2) is 5.96 Å². The van der Waals surface area contributed by atoms with Crippen molar-refractivity contribution in [3.63, 3.8) is 0 Å². The van der Waals surface area contributed by atoms with Crippen molar-refractivity contribution in [2.24, 2.45) is 10.9 Å². The lowest BCUT2D eigenvalue weighted by atomic mass is 10.1. The number of hydrogen-bond acceptors (Lipinski definition) is 3. The van der Waals surface area contributed by atoms with Gasteiger partial charge in [0, 0.05) is 31.8 Å². The van der Waals surface area contributed by atoms with E-state index in [9.17, 15) is 4.79 Å². The average Bonchev–Trinajstić information content (AvgIpc) is 2.58. The van der Waals surface area contributed by atoms with Gasteiger partial charge in [-0.15, -0.1) is 24.0 Å². The van der Waals surface area contributed by atoms with Crippen LogP contribution in [0.3, 0.4) is 0 Å². The summed E-state index contributed by atoms with van der Waals surface area (Å²) < 4.78 is 5.41. The van der Waals surface area contributed by atoms with Crippen molar-refractivity contribution in [2.75, 3.05) is 25.5 Å². The van der Waals surface area contributed by atoms with E-state index in [0.717, 1.165) is 23.8 Å². The molecule has 0 fully saturated rings. The zero-order chi connectivity index (χ0) is 18.9. The van der Waals surface area contributed by atoms with Crippen molar-refractivity contribution in [1.82, 2.24) is 10.6 Å². The Kier molecular flexibility index (Phi) is 11.5. The van der Waals surface area contributed by atoms with E-state index in [1.165, 1.54) is 0 Å². The van der Waals surface area contributed by atoms with Gasteiger partial charge in [0.1, 0.15) is 0 Å². The molecule has 0 bridgehead atoms. The summed E-state index contributed by atoms with van der Waals surface area (Å²) in [5, 5.41) is 9.40. The van der Waals surface area contributed by atoms with E-state index in [1.54, 1.807) is 7.11 Å². The molecular formula is C19H33IN4O2. The molecule has 0 aliphatic carbocycles. The number of ether oxygens (including phenoxy) is 1. The molecule has 0 spiro atoms. The Labute approximate surface area is 174 Å². The number of amides is 1. The SMILES string of the molecule is CCNC(=NCc1ccc(NC(=O)C(C)C)cc1)NCC(C)(C)OC.I. The Balaban J connectivity index is 0.00000625. The number of hydrogen-bond donors (Lipinski definition) is 3. The van der Waals surface area contributed by atoms with E-state index in [2.05, 4.69) is 20.9 Å². The van der Waals surface area contributed by atoms with Crippen molar-refractivity contribution in [2.45, 2.75) is 46.8 Å². The van der Waals surface area contributed by atoms with E-state index < -0.39 is 0 Å². The largest absolute Gasteiger partial charge is 0.377 e. The van der Waals surface area contributed by atoms with Gasteiger partial charge < -0.3 is 20.7 Å². The monoisotopic (exact) mass is 476 g/mol. The number of nitrogens with zero attached hydrogens (tertiary/aromatic N) is 1. The van der Waals surface area contributed by atoms with Gasteiger partial charge >= 0.3 is 0 Å². The second kappa shape index (κ2) is 12.1. The number of rotatable bonds is 8. The van der Waals surface area contributed by atoms with E-state index in [1.807, 2.05) is 58.9 Å². The van der Waals surface area contributed by atoms with Crippen molar-refractivity contribution < 1.29 is 9.53 Å². The Morgan fingerprint density at radius 2 is 1.81 bits per heavy atom. The number of guanidine groups is 1. The second-order valence-corrected chi connectivity index (χ2v) is 6.85. The first-order valence-corrected chi connectivity index (χ1v) is 8.74. The van der Waals surface area contributed by atoms with Crippen LogP contribution in [0.25, 0.3) is 0 Å². The summed E-state index contributed by atoms with van der Waals surface area (Å²) in [6, 6.07) is 7.75. The lowest BCUT2D eigenvalue weighted by molar-refractivity contribution is -0.118. The summed E-state index contributed by atoms with van der Waals surface area (Å²) in [7, 11) is 1.70. The molecule has 0 saturated heterocycles. The Morgan fingerprint density at radius 1 is 1.19 bits per heavy atom. The van der Waals surface area contributed by atoms with Crippen LogP contribution in [0.4, 0.5) is 5.69 Å².